The van der Waals surface area contributed by atoms with Crippen molar-refractivity contribution in [1.82, 2.24) is 5.32 Å². The minimum absolute atomic E-state index is 0.190. The van der Waals surface area contributed by atoms with Gasteiger partial charge in [0.2, 0.25) is 0 Å². The molecule has 0 aliphatic carbocycles. The van der Waals surface area contributed by atoms with Gasteiger partial charge in [0.1, 0.15) is 12.2 Å². The average Bonchev–Trinajstić information content (AvgIpc) is 2.70. The van der Waals surface area contributed by atoms with E-state index in [9.17, 15) is 9.59 Å². The van der Waals surface area contributed by atoms with Crippen molar-refractivity contribution in [2.75, 3.05) is 6.61 Å². The third-order valence-electron chi connectivity index (χ3n) is 3.19. The van der Waals surface area contributed by atoms with Gasteiger partial charge in [-0.25, -0.2) is 4.79 Å². The van der Waals surface area contributed by atoms with Crippen LogP contribution in [-0.2, 0) is 20.7 Å². The summed E-state index contributed by atoms with van der Waals surface area (Å²) in [6.07, 6.45) is 0.0176. The second-order valence-corrected chi connectivity index (χ2v) is 6.18. The molecule has 0 unspecified atom stereocenters. The van der Waals surface area contributed by atoms with Crippen molar-refractivity contribution in [3.05, 3.63) is 35.9 Å². The summed E-state index contributed by atoms with van der Waals surface area (Å²) in [5.41, 5.74) is 0.472. The number of esters is 1. The van der Waals surface area contributed by atoms with Gasteiger partial charge in [-0.3, -0.25) is 4.79 Å². The number of amides is 1. The fourth-order valence-corrected chi connectivity index (χ4v) is 2.25. The summed E-state index contributed by atoms with van der Waals surface area (Å²) in [7, 11) is 0. The van der Waals surface area contributed by atoms with Crippen molar-refractivity contribution >= 4 is 12.1 Å². The molecule has 1 fully saturated rings. The Morgan fingerprint density at radius 1 is 1.33 bits per heavy atom. The number of carbonyl (C=O) groups excluding carboxylic acids is 2. The topological polar surface area (TPSA) is 64.6 Å². The molecule has 1 amide bonds. The van der Waals surface area contributed by atoms with Gasteiger partial charge in [-0.1, -0.05) is 30.3 Å². The third kappa shape index (κ3) is 4.48. The van der Waals surface area contributed by atoms with Gasteiger partial charge in [-0.05, 0) is 32.8 Å². The smallest absolute Gasteiger partial charge is 0.408 e. The lowest BCUT2D eigenvalue weighted by atomic mass is 9.94. The van der Waals surface area contributed by atoms with Gasteiger partial charge < -0.3 is 14.8 Å². The lowest BCUT2D eigenvalue weighted by Crippen LogP contribution is -2.43. The first-order chi connectivity index (χ1) is 9.85. The van der Waals surface area contributed by atoms with Crippen LogP contribution in [0.4, 0.5) is 4.79 Å². The van der Waals surface area contributed by atoms with Crippen LogP contribution in [0.3, 0.4) is 0 Å². The molecule has 2 rings (SSSR count). The van der Waals surface area contributed by atoms with Gasteiger partial charge in [-0.15, -0.1) is 0 Å². The lowest BCUT2D eigenvalue weighted by molar-refractivity contribution is -0.141. The zero-order valence-corrected chi connectivity index (χ0v) is 12.6. The molecule has 5 heteroatoms. The number of alkyl carbamates (subject to hydrolysis) is 1. The molecule has 21 heavy (non-hydrogen) atoms. The minimum atomic E-state index is -0.567. The number of benzene rings is 1. The summed E-state index contributed by atoms with van der Waals surface area (Å²) in [5.74, 6) is -0.653. The highest BCUT2D eigenvalue weighted by Gasteiger charge is 2.38. The Labute approximate surface area is 124 Å². The zero-order valence-electron chi connectivity index (χ0n) is 12.6. The van der Waals surface area contributed by atoms with Crippen LogP contribution in [0.1, 0.15) is 26.3 Å². The normalized spacial score (nSPS) is 21.8. The molecule has 1 aromatic rings. The van der Waals surface area contributed by atoms with Gasteiger partial charge >= 0.3 is 12.1 Å². The van der Waals surface area contributed by atoms with E-state index in [1.807, 2.05) is 30.3 Å². The maximum absolute atomic E-state index is 11.8. The van der Waals surface area contributed by atoms with Crippen LogP contribution in [0.15, 0.2) is 30.3 Å². The summed E-state index contributed by atoms with van der Waals surface area (Å²) in [5, 5.41) is 2.73. The molecule has 1 aliphatic heterocycles. The molecular formula is C16H21NO4. The van der Waals surface area contributed by atoms with E-state index >= 15 is 0 Å². The zero-order chi connectivity index (χ0) is 15.5. The molecule has 0 saturated carbocycles. The molecule has 1 N–H and O–H groups in total. The number of hydrogen-bond donors (Lipinski definition) is 1. The first kappa shape index (κ1) is 15.4. The highest BCUT2D eigenvalue weighted by molar-refractivity contribution is 5.78. The van der Waals surface area contributed by atoms with Gasteiger partial charge in [0.15, 0.2) is 0 Å². The number of ether oxygens (including phenoxy) is 2. The minimum Gasteiger partial charge on any atom is -0.463 e. The highest BCUT2D eigenvalue weighted by Crippen LogP contribution is 2.21. The molecule has 5 nitrogen and oxygen atoms in total. The lowest BCUT2D eigenvalue weighted by Gasteiger charge is -2.22. The molecular weight excluding hydrogens is 270 g/mol. The molecule has 0 spiro atoms. The highest BCUT2D eigenvalue weighted by atomic mass is 16.6. The van der Waals surface area contributed by atoms with Crippen molar-refractivity contribution in [3.63, 3.8) is 0 Å². The summed E-state index contributed by atoms with van der Waals surface area (Å²) >= 11 is 0. The monoisotopic (exact) mass is 291 g/mol. The Hall–Kier alpha value is -2.04. The Kier molecular flexibility index (Phi) is 4.50. The first-order valence-corrected chi connectivity index (χ1v) is 7.05. The summed E-state index contributed by atoms with van der Waals surface area (Å²) in [4.78, 5) is 23.7. The fraction of sp³-hybridized carbons (Fsp3) is 0.500. The van der Waals surface area contributed by atoms with Crippen molar-refractivity contribution in [3.8, 4) is 0 Å². The summed E-state index contributed by atoms with van der Waals surface area (Å²) in [6.45, 7) is 5.58. The van der Waals surface area contributed by atoms with E-state index in [2.05, 4.69) is 5.32 Å². The molecule has 0 bridgehead atoms. The maximum atomic E-state index is 11.8. The van der Waals surface area contributed by atoms with Crippen molar-refractivity contribution in [2.45, 2.75) is 38.8 Å². The standard InChI is InChI=1S/C16H21NO4/c1-16(2,3)21-15(19)17-13-10-20-14(18)12(13)9-11-7-5-4-6-8-11/h4-8,12-13H,9-10H2,1-3H3,(H,17,19)/t12-,13+/m0/s1. The van der Waals surface area contributed by atoms with Gasteiger partial charge in [0, 0.05) is 0 Å². The van der Waals surface area contributed by atoms with Crippen LogP contribution in [-0.4, -0.2) is 30.3 Å². The fourth-order valence-electron chi connectivity index (χ4n) is 2.25. The predicted molar refractivity (Wildman–Crippen MR) is 77.8 cm³/mol. The summed E-state index contributed by atoms with van der Waals surface area (Å²) in [6, 6.07) is 9.32. The number of nitrogens with one attached hydrogen (secondary N) is 1. The van der Waals surface area contributed by atoms with Crippen LogP contribution >= 0.6 is 0 Å². The molecule has 2 atom stereocenters. The van der Waals surface area contributed by atoms with E-state index in [-0.39, 0.29) is 24.5 Å². The van der Waals surface area contributed by atoms with Gasteiger partial charge in [-0.2, -0.15) is 0 Å². The molecule has 114 valence electrons. The molecule has 1 aliphatic rings. The Morgan fingerprint density at radius 2 is 2.00 bits per heavy atom. The number of cyclic esters (lactones) is 1. The summed E-state index contributed by atoms with van der Waals surface area (Å²) < 4.78 is 10.3. The molecule has 0 radical (unpaired) electrons. The third-order valence-corrected chi connectivity index (χ3v) is 3.19. The maximum Gasteiger partial charge on any atom is 0.408 e. The van der Waals surface area contributed by atoms with E-state index in [4.69, 9.17) is 9.47 Å². The van der Waals surface area contributed by atoms with Crippen molar-refractivity contribution in [2.24, 2.45) is 5.92 Å². The quantitative estimate of drug-likeness (QED) is 0.868. The first-order valence-electron chi connectivity index (χ1n) is 7.05. The van der Waals surface area contributed by atoms with E-state index in [0.29, 0.717) is 6.42 Å². The molecule has 0 aromatic heterocycles. The van der Waals surface area contributed by atoms with Gasteiger partial charge in [0.05, 0.1) is 12.0 Å². The van der Waals surface area contributed by atoms with E-state index in [1.54, 1.807) is 20.8 Å². The number of carbonyl (C=O) groups is 2. The Bertz CT molecular complexity index is 507. The molecule has 1 heterocycles. The second kappa shape index (κ2) is 6.16. The Balaban J connectivity index is 1.98. The van der Waals surface area contributed by atoms with Gasteiger partial charge in [0.25, 0.3) is 0 Å². The number of rotatable bonds is 3. The SMILES string of the molecule is CC(C)(C)OC(=O)N[C@@H]1COC(=O)[C@H]1Cc1ccccc1. The van der Waals surface area contributed by atoms with Crippen LogP contribution in [0.25, 0.3) is 0 Å². The van der Waals surface area contributed by atoms with Crippen molar-refractivity contribution in [1.29, 1.82) is 0 Å². The molecule has 1 saturated heterocycles. The van der Waals surface area contributed by atoms with Crippen LogP contribution in [0, 0.1) is 5.92 Å². The predicted octanol–water partition coefficient (Wildman–Crippen LogP) is 2.30. The largest absolute Gasteiger partial charge is 0.463 e. The Morgan fingerprint density at radius 3 is 2.62 bits per heavy atom. The van der Waals surface area contributed by atoms with Crippen molar-refractivity contribution < 1.29 is 19.1 Å². The average molecular weight is 291 g/mol. The van der Waals surface area contributed by atoms with Crippen LogP contribution < -0.4 is 5.32 Å². The number of hydrogen-bond acceptors (Lipinski definition) is 4. The van der Waals surface area contributed by atoms with Crippen LogP contribution in [0.5, 0.6) is 0 Å². The van der Waals surface area contributed by atoms with E-state index in [1.165, 1.54) is 0 Å². The van der Waals surface area contributed by atoms with E-state index in [0.717, 1.165) is 5.56 Å². The van der Waals surface area contributed by atoms with E-state index < -0.39 is 11.7 Å². The van der Waals surface area contributed by atoms with Crippen LogP contribution in [0.2, 0.25) is 0 Å². The second-order valence-electron chi connectivity index (χ2n) is 6.18. The molecule has 1 aromatic carbocycles.